The maximum Gasteiger partial charge on any atom is 0.221 e. The smallest absolute Gasteiger partial charge is 0.221 e. The van der Waals surface area contributed by atoms with Crippen LogP contribution < -0.4 is 4.72 Å². The largest absolute Gasteiger partial charge is 0.318 e. The van der Waals surface area contributed by atoms with Gasteiger partial charge in [-0.05, 0) is 48.6 Å². The Kier molecular flexibility index (Phi) is 3.66. The molecule has 0 saturated carbocycles. The first-order chi connectivity index (χ1) is 11.5. The van der Waals surface area contributed by atoms with Gasteiger partial charge in [0.15, 0.2) is 11.0 Å². The summed E-state index contributed by atoms with van der Waals surface area (Å²) in [7, 11) is 0.490. The van der Waals surface area contributed by atoms with Gasteiger partial charge in [0.2, 0.25) is 5.16 Å². The van der Waals surface area contributed by atoms with Crippen LogP contribution in [0, 0.1) is 13.8 Å². The van der Waals surface area contributed by atoms with Crippen molar-refractivity contribution in [3.05, 3.63) is 53.6 Å². The summed E-state index contributed by atoms with van der Waals surface area (Å²) in [5.41, 5.74) is 4.12. The van der Waals surface area contributed by atoms with Crippen LogP contribution in [-0.4, -0.2) is 13.8 Å². The molecule has 2 aromatic carbocycles. The van der Waals surface area contributed by atoms with E-state index in [-0.39, 0.29) is 0 Å². The van der Waals surface area contributed by atoms with Crippen LogP contribution in [0.1, 0.15) is 11.1 Å². The van der Waals surface area contributed by atoms with Gasteiger partial charge in [-0.1, -0.05) is 24.3 Å². The van der Waals surface area contributed by atoms with Crippen LogP contribution in [0.2, 0.25) is 0 Å². The molecule has 2 heterocycles. The van der Waals surface area contributed by atoms with Gasteiger partial charge in [0, 0.05) is 11.7 Å². The lowest BCUT2D eigenvalue weighted by atomic mass is 10.2. The van der Waals surface area contributed by atoms with E-state index in [9.17, 15) is 4.21 Å². The highest BCUT2D eigenvalue weighted by atomic mass is 32.2. The highest BCUT2D eigenvalue weighted by Gasteiger charge is 2.17. The van der Waals surface area contributed by atoms with Gasteiger partial charge in [0.25, 0.3) is 0 Å². The van der Waals surface area contributed by atoms with E-state index in [1.807, 2.05) is 48.9 Å². The van der Waals surface area contributed by atoms with Gasteiger partial charge in [-0.25, -0.2) is 9.19 Å². The molecule has 6 heteroatoms. The summed E-state index contributed by atoms with van der Waals surface area (Å²) >= 11 is 1.62. The lowest BCUT2D eigenvalue weighted by Gasteiger charge is -2.05. The number of rotatable bonds is 3. The quantitative estimate of drug-likeness (QED) is 0.586. The van der Waals surface area contributed by atoms with Gasteiger partial charge in [0.05, 0.1) is 11.0 Å². The van der Waals surface area contributed by atoms with E-state index in [1.54, 1.807) is 11.3 Å². The zero-order valence-corrected chi connectivity index (χ0v) is 15.3. The molecule has 0 aliphatic rings. The summed E-state index contributed by atoms with van der Waals surface area (Å²) < 4.78 is 19.1. The topological polar surface area (TPSA) is 46.9 Å². The fraction of sp³-hybridized carbons (Fsp3) is 0.167. The second kappa shape index (κ2) is 5.72. The van der Waals surface area contributed by atoms with Crippen molar-refractivity contribution in [2.75, 3.05) is 4.72 Å². The minimum absolute atomic E-state index is 0.535. The first-order valence-corrected chi connectivity index (χ1v) is 9.61. The maximum absolute atomic E-state index is 12.8. The number of benzene rings is 2. The third-order valence-electron chi connectivity index (χ3n) is 4.19. The molecule has 0 radical (unpaired) electrons. The van der Waals surface area contributed by atoms with Gasteiger partial charge in [-0.15, -0.1) is 11.3 Å². The molecule has 4 rings (SSSR count). The summed E-state index contributed by atoms with van der Waals surface area (Å²) in [6.07, 6.45) is 0. The molecule has 0 saturated heterocycles. The third kappa shape index (κ3) is 2.42. The normalized spacial score (nSPS) is 12.8. The van der Waals surface area contributed by atoms with Crippen LogP contribution in [0.4, 0.5) is 5.00 Å². The second-order valence-corrected chi connectivity index (χ2v) is 8.03. The van der Waals surface area contributed by atoms with Gasteiger partial charge in [-0.3, -0.25) is 4.72 Å². The van der Waals surface area contributed by atoms with Crippen molar-refractivity contribution >= 4 is 48.4 Å². The molecular weight excluding hydrogens is 338 g/mol. The summed E-state index contributed by atoms with van der Waals surface area (Å²) in [6.45, 7) is 4.08. The molecule has 0 aliphatic carbocycles. The fourth-order valence-corrected chi connectivity index (χ4v) is 5.15. The monoisotopic (exact) mass is 355 g/mol. The van der Waals surface area contributed by atoms with E-state index in [0.29, 0.717) is 5.16 Å². The van der Waals surface area contributed by atoms with Crippen molar-refractivity contribution in [1.82, 2.24) is 9.55 Å². The molecule has 2 aromatic heterocycles. The standard InChI is InChI=1S/C18H17N3OS2/c1-11-8-9-15-14(10-11)19-18(21(15)3)24(22)20-17-12(2)13-6-4-5-7-16(13)23-17/h4-10,20H,1-3H3. The Morgan fingerprint density at radius 2 is 1.96 bits per heavy atom. The van der Waals surface area contributed by atoms with Crippen molar-refractivity contribution in [3.8, 4) is 0 Å². The van der Waals surface area contributed by atoms with Crippen molar-refractivity contribution in [1.29, 1.82) is 0 Å². The van der Waals surface area contributed by atoms with Crippen LogP contribution in [0.25, 0.3) is 21.1 Å². The number of anilines is 1. The maximum atomic E-state index is 12.8. The Morgan fingerprint density at radius 1 is 1.17 bits per heavy atom. The molecule has 1 atom stereocenters. The number of hydrogen-bond donors (Lipinski definition) is 1. The summed E-state index contributed by atoms with van der Waals surface area (Å²) in [4.78, 5) is 4.56. The molecule has 0 fully saturated rings. The van der Waals surface area contributed by atoms with Crippen LogP contribution in [-0.2, 0) is 18.0 Å². The molecule has 0 aliphatic heterocycles. The van der Waals surface area contributed by atoms with Crippen LogP contribution in [0.15, 0.2) is 47.6 Å². The number of thiophene rings is 1. The molecular formula is C18H17N3OS2. The highest BCUT2D eigenvalue weighted by molar-refractivity contribution is 7.86. The van der Waals surface area contributed by atoms with Crippen molar-refractivity contribution in [3.63, 3.8) is 0 Å². The van der Waals surface area contributed by atoms with E-state index in [2.05, 4.69) is 28.8 Å². The highest BCUT2D eigenvalue weighted by Crippen LogP contribution is 2.35. The zero-order chi connectivity index (χ0) is 16.8. The lowest BCUT2D eigenvalue weighted by Crippen LogP contribution is -2.09. The van der Waals surface area contributed by atoms with Gasteiger partial charge >= 0.3 is 0 Å². The van der Waals surface area contributed by atoms with E-state index < -0.39 is 11.0 Å². The molecule has 4 aromatic rings. The zero-order valence-electron chi connectivity index (χ0n) is 13.7. The Labute approximate surface area is 146 Å². The summed E-state index contributed by atoms with van der Waals surface area (Å²) in [5.74, 6) is 0. The molecule has 122 valence electrons. The third-order valence-corrected chi connectivity index (χ3v) is 6.59. The lowest BCUT2D eigenvalue weighted by molar-refractivity contribution is 0.671. The van der Waals surface area contributed by atoms with E-state index >= 15 is 0 Å². The van der Waals surface area contributed by atoms with E-state index in [4.69, 9.17) is 0 Å². The molecule has 0 spiro atoms. The predicted octanol–water partition coefficient (Wildman–Crippen LogP) is 4.54. The minimum atomic E-state index is -1.41. The fourth-order valence-electron chi connectivity index (χ4n) is 2.86. The first-order valence-electron chi connectivity index (χ1n) is 7.64. The Morgan fingerprint density at radius 3 is 2.75 bits per heavy atom. The Hall–Kier alpha value is -2.18. The Balaban J connectivity index is 1.73. The number of nitrogens with zero attached hydrogens (tertiary/aromatic N) is 2. The molecule has 4 nitrogen and oxygen atoms in total. The van der Waals surface area contributed by atoms with Crippen LogP contribution in [0.3, 0.4) is 0 Å². The minimum Gasteiger partial charge on any atom is -0.318 e. The molecule has 0 amide bonds. The van der Waals surface area contributed by atoms with Gasteiger partial charge < -0.3 is 4.57 Å². The van der Waals surface area contributed by atoms with Crippen LogP contribution >= 0.6 is 11.3 Å². The molecule has 0 bridgehead atoms. The number of nitrogens with one attached hydrogen (secondary N) is 1. The number of hydrogen-bond acceptors (Lipinski definition) is 3. The summed E-state index contributed by atoms with van der Waals surface area (Å²) in [6, 6.07) is 14.3. The predicted molar refractivity (Wildman–Crippen MR) is 102 cm³/mol. The van der Waals surface area contributed by atoms with Crippen molar-refractivity contribution in [2.24, 2.45) is 7.05 Å². The average Bonchev–Trinajstić information content (AvgIpc) is 3.06. The Bertz CT molecular complexity index is 1090. The van der Waals surface area contributed by atoms with E-state index in [1.165, 1.54) is 10.1 Å². The van der Waals surface area contributed by atoms with Gasteiger partial charge in [-0.2, -0.15) is 0 Å². The van der Waals surface area contributed by atoms with E-state index in [0.717, 1.165) is 27.2 Å². The number of aryl methyl sites for hydroxylation is 3. The number of imidazole rings is 1. The molecule has 24 heavy (non-hydrogen) atoms. The molecule has 1 unspecified atom stereocenters. The van der Waals surface area contributed by atoms with Crippen LogP contribution in [0.5, 0.6) is 0 Å². The molecule has 1 N–H and O–H groups in total. The van der Waals surface area contributed by atoms with Gasteiger partial charge in [0.1, 0.15) is 5.00 Å². The average molecular weight is 355 g/mol. The number of aromatic nitrogens is 2. The van der Waals surface area contributed by atoms with Crippen molar-refractivity contribution < 1.29 is 4.21 Å². The second-order valence-electron chi connectivity index (χ2n) is 5.87. The number of fused-ring (bicyclic) bond motifs is 2. The first kappa shape index (κ1) is 15.4. The summed E-state index contributed by atoms with van der Waals surface area (Å²) in [5, 5.41) is 2.66. The van der Waals surface area contributed by atoms with Crippen molar-refractivity contribution in [2.45, 2.75) is 19.0 Å². The SMILES string of the molecule is Cc1ccc2c(c1)nc(S(=O)Nc1sc3ccccc3c1C)n2C.